The van der Waals surface area contributed by atoms with Crippen molar-refractivity contribution in [2.24, 2.45) is 0 Å². The van der Waals surface area contributed by atoms with Crippen LogP contribution in [0.2, 0.25) is 0 Å². The summed E-state index contributed by atoms with van der Waals surface area (Å²) in [5, 5.41) is 3.19. The van der Waals surface area contributed by atoms with Crippen LogP contribution in [0.25, 0.3) is 0 Å². The average molecular weight is 348 g/mol. The third-order valence-electron chi connectivity index (χ3n) is 5.47. The monoisotopic (exact) mass is 348 g/mol. The Kier molecular flexibility index (Phi) is 4.74. The number of carbonyl (C=O) groups is 2. The number of amides is 2. The van der Waals surface area contributed by atoms with Crippen LogP contribution < -0.4 is 5.32 Å². The summed E-state index contributed by atoms with van der Waals surface area (Å²) in [4.78, 5) is 27.8. The van der Waals surface area contributed by atoms with E-state index >= 15 is 0 Å². The van der Waals surface area contributed by atoms with Crippen molar-refractivity contribution in [3.63, 3.8) is 0 Å². The van der Waals surface area contributed by atoms with Crippen molar-refractivity contribution in [1.82, 2.24) is 10.2 Å². The molecule has 1 fully saturated rings. The Morgan fingerprint density at radius 2 is 1.69 bits per heavy atom. The van der Waals surface area contributed by atoms with Crippen LogP contribution in [-0.2, 0) is 22.6 Å². The van der Waals surface area contributed by atoms with Crippen LogP contribution in [0.3, 0.4) is 0 Å². The van der Waals surface area contributed by atoms with Crippen LogP contribution in [0.1, 0.15) is 48.4 Å². The van der Waals surface area contributed by atoms with Crippen molar-refractivity contribution in [2.75, 3.05) is 0 Å². The number of fused-ring (bicyclic) bond motifs is 1. The summed E-state index contributed by atoms with van der Waals surface area (Å²) in [5.74, 6) is -0.0348. The Balaban J connectivity index is 1.65. The minimum absolute atomic E-state index is 0.0131. The summed E-state index contributed by atoms with van der Waals surface area (Å²) in [6, 6.07) is 17.4. The van der Waals surface area contributed by atoms with Crippen molar-refractivity contribution in [3.8, 4) is 0 Å². The summed E-state index contributed by atoms with van der Waals surface area (Å²) >= 11 is 0. The fourth-order valence-electron chi connectivity index (χ4n) is 4.13. The Bertz CT molecular complexity index is 797. The van der Waals surface area contributed by atoms with E-state index in [1.54, 1.807) is 4.90 Å². The van der Waals surface area contributed by atoms with Crippen molar-refractivity contribution in [1.29, 1.82) is 0 Å². The lowest BCUT2D eigenvalue weighted by Gasteiger charge is -2.37. The number of carbonyl (C=O) groups excluding carboxylic acids is 2. The van der Waals surface area contributed by atoms with Gasteiger partial charge >= 0.3 is 0 Å². The van der Waals surface area contributed by atoms with Gasteiger partial charge in [-0.15, -0.1) is 0 Å². The summed E-state index contributed by atoms with van der Waals surface area (Å²) in [5.41, 5.74) is 2.96. The quantitative estimate of drug-likeness (QED) is 0.921. The topological polar surface area (TPSA) is 49.4 Å². The van der Waals surface area contributed by atoms with Gasteiger partial charge in [-0.1, -0.05) is 67.4 Å². The van der Waals surface area contributed by atoms with E-state index in [0.29, 0.717) is 13.0 Å². The highest BCUT2D eigenvalue weighted by Gasteiger charge is 2.37. The van der Waals surface area contributed by atoms with Crippen LogP contribution in [0.4, 0.5) is 0 Å². The lowest BCUT2D eigenvalue weighted by molar-refractivity contribution is -0.142. The molecule has 1 saturated carbocycles. The second kappa shape index (κ2) is 7.32. The molecule has 26 heavy (non-hydrogen) atoms. The van der Waals surface area contributed by atoms with Gasteiger partial charge in [0.2, 0.25) is 11.8 Å². The fourth-order valence-corrected chi connectivity index (χ4v) is 4.13. The first-order chi connectivity index (χ1) is 12.7. The van der Waals surface area contributed by atoms with Gasteiger partial charge in [0.15, 0.2) is 0 Å². The molecule has 0 bridgehead atoms. The van der Waals surface area contributed by atoms with Gasteiger partial charge < -0.3 is 10.2 Å². The molecule has 1 N–H and O–H groups in total. The van der Waals surface area contributed by atoms with Gasteiger partial charge in [-0.2, -0.15) is 0 Å². The number of nitrogens with one attached hydrogen (secondary N) is 1. The molecule has 1 atom stereocenters. The standard InChI is InChI=1S/C22H24N2O2/c25-20-14-17-10-4-7-13-19(17)21(22(26)23-18-11-5-6-12-18)24(20)15-16-8-2-1-3-9-16/h1-4,7-10,13,18,21H,5-6,11-12,14-15H2,(H,23,26). The molecule has 134 valence electrons. The molecule has 4 heteroatoms. The van der Waals surface area contributed by atoms with Gasteiger partial charge in [-0.3, -0.25) is 9.59 Å². The summed E-state index contributed by atoms with van der Waals surface area (Å²) in [6.45, 7) is 0.455. The largest absolute Gasteiger partial charge is 0.351 e. The fraction of sp³-hybridized carbons (Fsp3) is 0.364. The first-order valence-corrected chi connectivity index (χ1v) is 9.44. The van der Waals surface area contributed by atoms with E-state index in [1.807, 2.05) is 54.6 Å². The summed E-state index contributed by atoms with van der Waals surface area (Å²) in [6.07, 6.45) is 4.76. The lowest BCUT2D eigenvalue weighted by atomic mass is 9.91. The third kappa shape index (κ3) is 3.36. The SMILES string of the molecule is O=C(NC1CCCC1)C1c2ccccc2CC(=O)N1Cc1ccccc1. The highest BCUT2D eigenvalue weighted by molar-refractivity contribution is 5.92. The molecule has 2 aromatic rings. The second-order valence-electron chi connectivity index (χ2n) is 7.28. The maximum Gasteiger partial charge on any atom is 0.247 e. The molecule has 4 nitrogen and oxygen atoms in total. The van der Waals surface area contributed by atoms with Crippen molar-refractivity contribution < 1.29 is 9.59 Å². The average Bonchev–Trinajstić information content (AvgIpc) is 3.16. The smallest absolute Gasteiger partial charge is 0.247 e. The molecular formula is C22H24N2O2. The van der Waals surface area contributed by atoms with Gasteiger partial charge in [0.25, 0.3) is 0 Å². The van der Waals surface area contributed by atoms with Crippen LogP contribution in [-0.4, -0.2) is 22.8 Å². The predicted molar refractivity (Wildman–Crippen MR) is 100 cm³/mol. The van der Waals surface area contributed by atoms with Gasteiger partial charge in [0.1, 0.15) is 6.04 Å². The van der Waals surface area contributed by atoms with Crippen LogP contribution in [0.5, 0.6) is 0 Å². The Hall–Kier alpha value is -2.62. The molecule has 0 radical (unpaired) electrons. The summed E-state index contributed by atoms with van der Waals surface area (Å²) in [7, 11) is 0. The van der Waals surface area contributed by atoms with Gasteiger partial charge in [-0.05, 0) is 29.5 Å². The summed E-state index contributed by atoms with van der Waals surface area (Å²) < 4.78 is 0. The molecule has 1 unspecified atom stereocenters. The van der Waals surface area contributed by atoms with E-state index in [1.165, 1.54) is 12.8 Å². The maximum atomic E-state index is 13.2. The first kappa shape index (κ1) is 16.8. The molecule has 2 aliphatic rings. The number of hydrogen-bond acceptors (Lipinski definition) is 2. The molecular weight excluding hydrogens is 324 g/mol. The molecule has 0 spiro atoms. The Morgan fingerprint density at radius 1 is 1.00 bits per heavy atom. The number of hydrogen-bond donors (Lipinski definition) is 1. The first-order valence-electron chi connectivity index (χ1n) is 9.44. The number of rotatable bonds is 4. The zero-order valence-electron chi connectivity index (χ0n) is 14.9. The molecule has 1 heterocycles. The number of benzene rings is 2. The van der Waals surface area contributed by atoms with E-state index in [0.717, 1.165) is 29.5 Å². The van der Waals surface area contributed by atoms with E-state index < -0.39 is 6.04 Å². The predicted octanol–water partition coefficient (Wildman–Crippen LogP) is 3.37. The van der Waals surface area contributed by atoms with E-state index in [9.17, 15) is 9.59 Å². The molecule has 2 amide bonds. The van der Waals surface area contributed by atoms with Crippen LogP contribution >= 0.6 is 0 Å². The Morgan fingerprint density at radius 3 is 2.46 bits per heavy atom. The van der Waals surface area contributed by atoms with E-state index in [-0.39, 0.29) is 17.9 Å². The zero-order valence-corrected chi connectivity index (χ0v) is 14.9. The van der Waals surface area contributed by atoms with Gasteiger partial charge in [0.05, 0.1) is 6.42 Å². The van der Waals surface area contributed by atoms with Gasteiger partial charge in [0, 0.05) is 12.6 Å². The van der Waals surface area contributed by atoms with Crippen molar-refractivity contribution in [3.05, 3.63) is 71.3 Å². The molecule has 0 aromatic heterocycles. The Labute approximate surface area is 154 Å². The molecule has 4 rings (SSSR count). The molecule has 1 aliphatic heterocycles. The van der Waals surface area contributed by atoms with E-state index in [2.05, 4.69) is 5.32 Å². The highest BCUT2D eigenvalue weighted by Crippen LogP contribution is 2.32. The minimum atomic E-state index is -0.548. The van der Waals surface area contributed by atoms with Crippen LogP contribution in [0.15, 0.2) is 54.6 Å². The van der Waals surface area contributed by atoms with Crippen molar-refractivity contribution >= 4 is 11.8 Å². The number of nitrogens with zero attached hydrogens (tertiary/aromatic N) is 1. The van der Waals surface area contributed by atoms with E-state index in [4.69, 9.17) is 0 Å². The van der Waals surface area contributed by atoms with Crippen LogP contribution in [0, 0.1) is 0 Å². The molecule has 2 aromatic carbocycles. The zero-order chi connectivity index (χ0) is 17.9. The molecule has 1 aliphatic carbocycles. The second-order valence-corrected chi connectivity index (χ2v) is 7.28. The molecule has 0 saturated heterocycles. The minimum Gasteiger partial charge on any atom is -0.351 e. The van der Waals surface area contributed by atoms with Gasteiger partial charge in [-0.25, -0.2) is 0 Å². The normalized spacial score (nSPS) is 20.1. The highest BCUT2D eigenvalue weighted by atomic mass is 16.2. The van der Waals surface area contributed by atoms with Crippen molar-refractivity contribution in [2.45, 2.75) is 50.7 Å². The lowest BCUT2D eigenvalue weighted by Crippen LogP contribution is -2.48. The third-order valence-corrected chi connectivity index (χ3v) is 5.47. The maximum absolute atomic E-state index is 13.2.